The number of nitrogen functional groups attached to an aromatic ring is 2. The Morgan fingerprint density at radius 1 is 0.750 bits per heavy atom. The minimum atomic E-state index is -1.13. The molecule has 24 heavy (non-hydrogen) atoms. The first-order chi connectivity index (χ1) is 11.1. The van der Waals surface area contributed by atoms with Crippen molar-refractivity contribution in [2.24, 2.45) is 0 Å². The quantitative estimate of drug-likeness (QED) is 0.578. The van der Waals surface area contributed by atoms with Gasteiger partial charge in [-0.1, -0.05) is 42.5 Å². The number of hydrogen-bond donors (Lipinski definition) is 2. The van der Waals surface area contributed by atoms with Crippen molar-refractivity contribution in [1.29, 1.82) is 0 Å². The van der Waals surface area contributed by atoms with Crippen LogP contribution in [0.25, 0.3) is 0 Å². The molecule has 0 radical (unpaired) electrons. The fourth-order valence-corrected chi connectivity index (χ4v) is 1.33. The molecule has 3 aromatic rings. The van der Waals surface area contributed by atoms with Crippen LogP contribution in [-0.2, 0) is 22.4 Å². The molecule has 3 rings (SSSR count). The number of carbonyl (C=O) groups is 1. The molecule has 0 atom stereocenters. The summed E-state index contributed by atoms with van der Waals surface area (Å²) in [5, 5.41) is 10.1. The molecule has 1 aromatic carbocycles. The van der Waals surface area contributed by atoms with E-state index in [0.717, 1.165) is 0 Å². The molecule has 7 heteroatoms. The Morgan fingerprint density at radius 2 is 1.17 bits per heavy atom. The van der Waals surface area contributed by atoms with E-state index in [2.05, 4.69) is 9.97 Å². The molecule has 0 spiro atoms. The van der Waals surface area contributed by atoms with Gasteiger partial charge in [-0.2, -0.15) is 0 Å². The first kappa shape index (κ1) is 21.3. The average molecular weight is 417 g/mol. The molecule has 0 fully saturated rings. The molecule has 0 bridgehead atoms. The summed E-state index contributed by atoms with van der Waals surface area (Å²) in [5.74, 6) is 0.0144. The number of hydrogen-bond acceptors (Lipinski definition) is 6. The van der Waals surface area contributed by atoms with Crippen LogP contribution < -0.4 is 16.6 Å². The number of anilines is 2. The number of rotatable bonds is 1. The van der Waals surface area contributed by atoms with Crippen molar-refractivity contribution in [3.05, 3.63) is 84.7 Å². The van der Waals surface area contributed by atoms with E-state index in [9.17, 15) is 9.90 Å². The van der Waals surface area contributed by atoms with Crippen molar-refractivity contribution < 1.29 is 32.3 Å². The summed E-state index contributed by atoms with van der Waals surface area (Å²) in [6, 6.07) is 18.9. The molecular formula is C17H17AgN4O2. The molecule has 0 aliphatic carbocycles. The van der Waals surface area contributed by atoms with Crippen molar-refractivity contribution in [1.82, 2.24) is 9.97 Å². The third kappa shape index (κ3) is 10.1. The summed E-state index contributed by atoms with van der Waals surface area (Å²) in [6.07, 6.45) is 3.32. The standard InChI is InChI=1S/C7H6O2.2C5H6N2.Ag/c8-7(9)6-4-2-1-3-5-6;2*6-5-3-1-2-4-7-5;/h1-5H,(H,8,9);2*1-4H,(H2,6,7);/q;;;+1/p-1. The zero-order valence-corrected chi connectivity index (χ0v) is 14.2. The average Bonchev–Trinajstić information content (AvgIpc) is 2.58. The van der Waals surface area contributed by atoms with Gasteiger partial charge in [-0.25, -0.2) is 9.97 Å². The summed E-state index contributed by atoms with van der Waals surface area (Å²) in [7, 11) is 0. The minimum Gasteiger partial charge on any atom is -0.545 e. The molecular weight excluding hydrogens is 400 g/mol. The molecule has 2 heterocycles. The summed E-state index contributed by atoms with van der Waals surface area (Å²) >= 11 is 0. The Bertz CT molecular complexity index is 645. The molecule has 128 valence electrons. The number of aromatic nitrogens is 2. The van der Waals surface area contributed by atoms with Crippen LogP contribution in [0.1, 0.15) is 10.4 Å². The number of benzene rings is 1. The molecule has 0 amide bonds. The number of carboxylic acids is 1. The van der Waals surface area contributed by atoms with Gasteiger partial charge in [0.2, 0.25) is 0 Å². The third-order valence-electron chi connectivity index (χ3n) is 2.39. The Kier molecular flexibility index (Phi) is 11.4. The maximum Gasteiger partial charge on any atom is 1.00 e. The smallest absolute Gasteiger partial charge is 0.545 e. The van der Waals surface area contributed by atoms with Crippen LogP contribution in [0.2, 0.25) is 0 Å². The molecule has 0 aliphatic rings. The number of nitrogens with zero attached hydrogens (tertiary/aromatic N) is 2. The Labute approximate surface area is 156 Å². The van der Waals surface area contributed by atoms with E-state index in [1.54, 1.807) is 42.7 Å². The number of aromatic carboxylic acids is 1. The molecule has 6 nitrogen and oxygen atoms in total. The minimum absolute atomic E-state index is 0. The number of nitrogens with two attached hydrogens (primary N) is 2. The van der Waals surface area contributed by atoms with Crippen molar-refractivity contribution >= 4 is 17.6 Å². The van der Waals surface area contributed by atoms with Gasteiger partial charge in [0.25, 0.3) is 0 Å². The van der Waals surface area contributed by atoms with Crippen molar-refractivity contribution in [3.63, 3.8) is 0 Å². The second-order valence-corrected chi connectivity index (χ2v) is 4.16. The van der Waals surface area contributed by atoms with Gasteiger partial charge >= 0.3 is 22.4 Å². The van der Waals surface area contributed by atoms with Crippen LogP contribution in [0, 0.1) is 0 Å². The summed E-state index contributed by atoms with van der Waals surface area (Å²) in [6.45, 7) is 0. The summed E-state index contributed by atoms with van der Waals surface area (Å²) in [5.41, 5.74) is 10.7. The third-order valence-corrected chi connectivity index (χ3v) is 2.39. The van der Waals surface area contributed by atoms with E-state index in [1.165, 1.54) is 12.1 Å². The van der Waals surface area contributed by atoms with Gasteiger partial charge in [-0.05, 0) is 29.8 Å². The largest absolute Gasteiger partial charge is 1.00 e. The fourth-order valence-electron chi connectivity index (χ4n) is 1.33. The Morgan fingerprint density at radius 3 is 1.38 bits per heavy atom. The molecule has 0 aliphatic heterocycles. The molecule has 2 aromatic heterocycles. The number of carbonyl (C=O) groups excluding carboxylic acids is 1. The van der Waals surface area contributed by atoms with Crippen LogP contribution in [0.3, 0.4) is 0 Å². The summed E-state index contributed by atoms with van der Waals surface area (Å²) in [4.78, 5) is 17.6. The molecule has 4 N–H and O–H groups in total. The van der Waals surface area contributed by atoms with E-state index >= 15 is 0 Å². The maximum atomic E-state index is 10.1. The van der Waals surface area contributed by atoms with Crippen LogP contribution in [-0.4, -0.2) is 15.9 Å². The Hall–Kier alpha value is -2.67. The summed E-state index contributed by atoms with van der Waals surface area (Å²) < 4.78 is 0. The van der Waals surface area contributed by atoms with Crippen LogP contribution in [0.5, 0.6) is 0 Å². The number of pyridine rings is 2. The van der Waals surface area contributed by atoms with Crippen molar-refractivity contribution in [2.45, 2.75) is 0 Å². The second kappa shape index (κ2) is 12.8. The molecule has 0 unspecified atom stereocenters. The predicted octanol–water partition coefficient (Wildman–Crippen LogP) is 1.38. The normalized spacial score (nSPS) is 8.33. The van der Waals surface area contributed by atoms with E-state index in [1.807, 2.05) is 24.3 Å². The second-order valence-electron chi connectivity index (χ2n) is 4.16. The van der Waals surface area contributed by atoms with Crippen LogP contribution in [0.15, 0.2) is 79.1 Å². The monoisotopic (exact) mass is 416 g/mol. The Balaban J connectivity index is 0.000000327. The first-order valence-electron chi connectivity index (χ1n) is 6.69. The molecule has 0 saturated carbocycles. The molecule has 0 saturated heterocycles. The SMILES string of the molecule is Nc1ccccn1.Nc1ccccn1.O=C([O-])c1ccccc1.[Ag+]. The van der Waals surface area contributed by atoms with Gasteiger partial charge < -0.3 is 21.4 Å². The topological polar surface area (TPSA) is 118 Å². The van der Waals surface area contributed by atoms with Gasteiger partial charge in [-0.3, -0.25) is 0 Å². The van der Waals surface area contributed by atoms with Crippen molar-refractivity contribution in [3.8, 4) is 0 Å². The van der Waals surface area contributed by atoms with E-state index in [4.69, 9.17) is 11.5 Å². The predicted molar refractivity (Wildman–Crippen MR) is 88.1 cm³/mol. The van der Waals surface area contributed by atoms with Crippen LogP contribution >= 0.6 is 0 Å². The van der Waals surface area contributed by atoms with E-state index in [0.29, 0.717) is 11.6 Å². The fraction of sp³-hybridized carbons (Fsp3) is 0. The van der Waals surface area contributed by atoms with Gasteiger partial charge in [0.1, 0.15) is 11.6 Å². The van der Waals surface area contributed by atoms with E-state index in [-0.39, 0.29) is 27.9 Å². The van der Waals surface area contributed by atoms with E-state index < -0.39 is 5.97 Å². The zero-order valence-electron chi connectivity index (χ0n) is 12.7. The first-order valence-corrected chi connectivity index (χ1v) is 6.69. The van der Waals surface area contributed by atoms with Gasteiger partial charge in [-0.15, -0.1) is 0 Å². The van der Waals surface area contributed by atoms with Crippen LogP contribution in [0.4, 0.5) is 11.6 Å². The van der Waals surface area contributed by atoms with Crippen molar-refractivity contribution in [2.75, 3.05) is 11.5 Å². The zero-order chi connectivity index (χ0) is 16.9. The van der Waals surface area contributed by atoms with Gasteiger partial charge in [0.05, 0.1) is 5.97 Å². The number of carboxylic acid groups (broad SMARTS) is 1. The van der Waals surface area contributed by atoms with Gasteiger partial charge in [0, 0.05) is 12.4 Å². The maximum absolute atomic E-state index is 10.1. The van der Waals surface area contributed by atoms with Gasteiger partial charge in [0.15, 0.2) is 0 Å².